The summed E-state index contributed by atoms with van der Waals surface area (Å²) in [7, 11) is 0. The Morgan fingerprint density at radius 3 is 2.54 bits per heavy atom. The third-order valence-electron chi connectivity index (χ3n) is 5.81. The van der Waals surface area contributed by atoms with Gasteiger partial charge in [-0.1, -0.05) is 24.2 Å². The largest absolute Gasteiger partial charge is 0.418 e. The molecule has 2 heterocycles. The first kappa shape index (κ1) is 25.5. The number of ether oxygens (including phenoxy) is 2. The maximum Gasteiger partial charge on any atom is 0.418 e. The number of hydrogen-bond acceptors (Lipinski definition) is 6. The number of carbonyl (C=O) groups excluding carboxylic acids is 3. The summed E-state index contributed by atoms with van der Waals surface area (Å²) in [6, 6.07) is 6.54. The van der Waals surface area contributed by atoms with Crippen LogP contribution in [-0.4, -0.2) is 43.2 Å². The fourth-order valence-corrected chi connectivity index (χ4v) is 5.34. The number of carbonyl (C=O) groups is 3. The zero-order valence-corrected chi connectivity index (χ0v) is 20.6. The molecule has 2 aromatic rings. The van der Waals surface area contributed by atoms with E-state index in [1.54, 1.807) is 12.1 Å². The molecule has 8 nitrogen and oxygen atoms in total. The number of anilines is 2. The normalized spacial score (nSPS) is 17.8. The first-order valence-electron chi connectivity index (χ1n) is 10.7. The SMILES string of the molecule is O=C(NC1(C(=O)Nc2ccc(N3CCOCC3=O)c(C(F)(F)F)c2)CCCC1)Oc1ccc(Br)s1. The van der Waals surface area contributed by atoms with Crippen LogP contribution in [0.15, 0.2) is 34.1 Å². The topological polar surface area (TPSA) is 97.0 Å². The molecule has 0 spiro atoms. The van der Waals surface area contributed by atoms with Crippen molar-refractivity contribution in [1.82, 2.24) is 5.32 Å². The van der Waals surface area contributed by atoms with Gasteiger partial charge in [0.15, 0.2) is 5.06 Å². The molecule has 1 aromatic carbocycles. The van der Waals surface area contributed by atoms with E-state index in [1.165, 1.54) is 17.4 Å². The number of amides is 3. The molecule has 188 valence electrons. The molecule has 1 saturated heterocycles. The minimum absolute atomic E-state index is 0.0103. The Kier molecular flexibility index (Phi) is 7.38. The van der Waals surface area contributed by atoms with E-state index in [-0.39, 0.29) is 31.1 Å². The highest BCUT2D eigenvalue weighted by Crippen LogP contribution is 2.39. The van der Waals surface area contributed by atoms with Crippen LogP contribution in [0.25, 0.3) is 0 Å². The molecule has 1 saturated carbocycles. The predicted molar refractivity (Wildman–Crippen MR) is 126 cm³/mol. The van der Waals surface area contributed by atoms with Gasteiger partial charge in [-0.2, -0.15) is 13.2 Å². The average molecular weight is 576 g/mol. The zero-order chi connectivity index (χ0) is 25.2. The Bertz CT molecular complexity index is 1130. The molecule has 0 bridgehead atoms. The number of benzene rings is 1. The summed E-state index contributed by atoms with van der Waals surface area (Å²) in [5.74, 6) is -1.22. The van der Waals surface area contributed by atoms with Gasteiger partial charge in [-0.3, -0.25) is 9.59 Å². The molecule has 1 aromatic heterocycles. The second-order valence-corrected chi connectivity index (χ2v) is 10.6. The summed E-state index contributed by atoms with van der Waals surface area (Å²) in [5, 5.41) is 5.45. The first-order chi connectivity index (χ1) is 16.6. The van der Waals surface area contributed by atoms with Gasteiger partial charge in [0.05, 0.1) is 21.6 Å². The molecule has 2 N–H and O–H groups in total. The summed E-state index contributed by atoms with van der Waals surface area (Å²) in [6.45, 7) is -0.194. The van der Waals surface area contributed by atoms with E-state index < -0.39 is 35.2 Å². The van der Waals surface area contributed by atoms with Gasteiger partial charge in [0.2, 0.25) is 5.91 Å². The smallest absolute Gasteiger partial charge is 0.399 e. The molecule has 1 aliphatic carbocycles. The van der Waals surface area contributed by atoms with E-state index >= 15 is 0 Å². The Morgan fingerprint density at radius 1 is 1.17 bits per heavy atom. The standard InChI is InChI=1S/C22H21BrF3N3O5S/c23-16-5-6-18(35-16)34-20(32)28-21(7-1-2-8-21)19(31)27-13-3-4-15(14(11-13)22(24,25)26)29-9-10-33-12-17(29)30/h3-6,11H,1-2,7-10,12H2,(H,27,31)(H,28,32). The molecule has 3 amide bonds. The number of thiophene rings is 1. The molecular formula is C22H21BrF3N3O5S. The molecule has 35 heavy (non-hydrogen) atoms. The molecule has 2 aliphatic rings. The van der Waals surface area contributed by atoms with Gasteiger partial charge in [-0.05, 0) is 59.1 Å². The lowest BCUT2D eigenvalue weighted by molar-refractivity contribution is -0.137. The molecule has 1 aliphatic heterocycles. The van der Waals surface area contributed by atoms with Crippen LogP contribution in [0.2, 0.25) is 0 Å². The van der Waals surface area contributed by atoms with Crippen LogP contribution in [0.4, 0.5) is 29.3 Å². The fourth-order valence-electron chi connectivity index (χ4n) is 4.15. The number of nitrogens with one attached hydrogen (secondary N) is 2. The Balaban J connectivity index is 1.54. The average Bonchev–Trinajstić information content (AvgIpc) is 3.43. The number of hydrogen-bond donors (Lipinski definition) is 2. The van der Waals surface area contributed by atoms with Crippen molar-refractivity contribution in [3.05, 3.63) is 39.7 Å². The highest BCUT2D eigenvalue weighted by Gasteiger charge is 2.44. The van der Waals surface area contributed by atoms with Crippen molar-refractivity contribution in [3.8, 4) is 5.06 Å². The van der Waals surface area contributed by atoms with E-state index in [4.69, 9.17) is 9.47 Å². The van der Waals surface area contributed by atoms with Gasteiger partial charge in [-0.15, -0.1) is 0 Å². The van der Waals surface area contributed by atoms with Crippen LogP contribution in [0, 0.1) is 0 Å². The molecule has 4 rings (SSSR count). The van der Waals surface area contributed by atoms with Crippen LogP contribution in [0.5, 0.6) is 5.06 Å². The van der Waals surface area contributed by atoms with Crippen molar-refractivity contribution < 1.29 is 37.0 Å². The monoisotopic (exact) mass is 575 g/mol. The first-order valence-corrected chi connectivity index (χ1v) is 12.3. The summed E-state index contributed by atoms with van der Waals surface area (Å²) in [4.78, 5) is 38.8. The number of alkyl halides is 3. The number of halogens is 4. The second kappa shape index (κ2) is 10.2. The highest BCUT2D eigenvalue weighted by atomic mass is 79.9. The molecular weight excluding hydrogens is 555 g/mol. The third-order valence-corrected chi connectivity index (χ3v) is 7.31. The maximum absolute atomic E-state index is 13.8. The molecule has 2 fully saturated rings. The number of rotatable bonds is 5. The van der Waals surface area contributed by atoms with Crippen LogP contribution < -0.4 is 20.3 Å². The number of morpholine rings is 1. The predicted octanol–water partition coefficient (Wildman–Crippen LogP) is 4.93. The molecule has 0 radical (unpaired) electrons. The summed E-state index contributed by atoms with van der Waals surface area (Å²) >= 11 is 4.46. The summed E-state index contributed by atoms with van der Waals surface area (Å²) in [5.41, 5.74) is -2.77. The van der Waals surface area contributed by atoms with Crippen molar-refractivity contribution in [3.63, 3.8) is 0 Å². The lowest BCUT2D eigenvalue weighted by Crippen LogP contribution is -2.55. The quantitative estimate of drug-likeness (QED) is 0.526. The van der Waals surface area contributed by atoms with Crippen molar-refractivity contribution in [2.45, 2.75) is 37.4 Å². The van der Waals surface area contributed by atoms with Crippen molar-refractivity contribution in [2.24, 2.45) is 0 Å². The van der Waals surface area contributed by atoms with E-state index in [1.807, 2.05) is 0 Å². The van der Waals surface area contributed by atoms with Crippen molar-refractivity contribution in [1.29, 1.82) is 0 Å². The van der Waals surface area contributed by atoms with E-state index in [0.717, 1.165) is 20.8 Å². The van der Waals surface area contributed by atoms with Gasteiger partial charge >= 0.3 is 12.3 Å². The summed E-state index contributed by atoms with van der Waals surface area (Å²) < 4.78 is 52.5. The fraction of sp³-hybridized carbons (Fsp3) is 0.409. The second-order valence-electron chi connectivity index (χ2n) is 8.14. The maximum atomic E-state index is 13.8. The number of nitrogens with zero attached hydrogens (tertiary/aromatic N) is 1. The van der Waals surface area contributed by atoms with Crippen molar-refractivity contribution in [2.75, 3.05) is 30.0 Å². The van der Waals surface area contributed by atoms with Gasteiger partial charge in [0, 0.05) is 12.2 Å². The van der Waals surface area contributed by atoms with E-state index in [0.29, 0.717) is 30.7 Å². The summed E-state index contributed by atoms with van der Waals surface area (Å²) in [6.07, 6.45) is -3.65. The Labute approximate surface area is 210 Å². The van der Waals surface area contributed by atoms with Crippen LogP contribution in [-0.2, 0) is 20.5 Å². The van der Waals surface area contributed by atoms with Crippen LogP contribution >= 0.6 is 27.3 Å². The minimum atomic E-state index is -4.77. The van der Waals surface area contributed by atoms with Gasteiger partial charge in [0.1, 0.15) is 12.1 Å². The van der Waals surface area contributed by atoms with Crippen LogP contribution in [0.3, 0.4) is 0 Å². The lowest BCUT2D eigenvalue weighted by atomic mass is 9.96. The van der Waals surface area contributed by atoms with Crippen molar-refractivity contribution >= 4 is 56.5 Å². The Hall–Kier alpha value is -2.64. The van der Waals surface area contributed by atoms with Gasteiger partial charge in [-0.25, -0.2) is 4.79 Å². The molecule has 13 heteroatoms. The van der Waals surface area contributed by atoms with E-state index in [9.17, 15) is 27.6 Å². The highest BCUT2D eigenvalue weighted by molar-refractivity contribution is 9.11. The molecule has 0 unspecified atom stereocenters. The lowest BCUT2D eigenvalue weighted by Gasteiger charge is -2.30. The Morgan fingerprint density at radius 2 is 1.91 bits per heavy atom. The van der Waals surface area contributed by atoms with Crippen LogP contribution in [0.1, 0.15) is 31.2 Å². The van der Waals surface area contributed by atoms with E-state index in [2.05, 4.69) is 26.6 Å². The van der Waals surface area contributed by atoms with Gasteiger partial charge < -0.3 is 25.0 Å². The zero-order valence-electron chi connectivity index (χ0n) is 18.2. The minimum Gasteiger partial charge on any atom is -0.399 e. The molecule has 0 atom stereocenters. The van der Waals surface area contributed by atoms with Gasteiger partial charge in [0.25, 0.3) is 5.91 Å². The third kappa shape index (κ3) is 5.78.